The van der Waals surface area contributed by atoms with E-state index in [0.717, 1.165) is 77.3 Å². The highest BCUT2D eigenvalue weighted by molar-refractivity contribution is 6.02. The largest absolute Gasteiger partial charge is 0.379 e. The maximum absolute atomic E-state index is 13.1. The van der Waals surface area contributed by atoms with E-state index in [1.807, 2.05) is 18.2 Å². The molecule has 2 amide bonds. The van der Waals surface area contributed by atoms with Crippen LogP contribution < -0.4 is 15.5 Å². The van der Waals surface area contributed by atoms with Gasteiger partial charge >= 0.3 is 0 Å². The Hall–Kier alpha value is -2.12. The first-order chi connectivity index (χ1) is 16.2. The number of unbranched alkanes of at least 4 members (excludes halogenated alkanes) is 5. The van der Waals surface area contributed by atoms with E-state index < -0.39 is 0 Å². The number of carbonyl (C=O) groups excluding carboxylic acids is 2. The summed E-state index contributed by atoms with van der Waals surface area (Å²) >= 11 is 0. The molecule has 0 bridgehead atoms. The van der Waals surface area contributed by atoms with Crippen molar-refractivity contribution in [3.63, 3.8) is 0 Å². The second-order valence-corrected chi connectivity index (χ2v) is 9.20. The fourth-order valence-corrected chi connectivity index (χ4v) is 4.57. The van der Waals surface area contributed by atoms with Crippen molar-refractivity contribution < 1.29 is 14.3 Å². The van der Waals surface area contributed by atoms with E-state index in [2.05, 4.69) is 27.4 Å². The van der Waals surface area contributed by atoms with Crippen LogP contribution in [0.3, 0.4) is 0 Å². The Kier molecular flexibility index (Phi) is 11.0. The van der Waals surface area contributed by atoms with Crippen molar-refractivity contribution in [3.8, 4) is 0 Å². The van der Waals surface area contributed by atoms with Gasteiger partial charge in [-0.1, -0.05) is 39.0 Å². The summed E-state index contributed by atoms with van der Waals surface area (Å²) in [5.74, 6) is -0.0460. The van der Waals surface area contributed by atoms with Crippen molar-refractivity contribution in [1.29, 1.82) is 0 Å². The van der Waals surface area contributed by atoms with Gasteiger partial charge in [0.2, 0.25) is 5.91 Å². The molecule has 184 valence electrons. The Morgan fingerprint density at radius 1 is 0.970 bits per heavy atom. The number of ether oxygens (including phenoxy) is 1. The lowest BCUT2D eigenvalue weighted by Crippen LogP contribution is -2.41. The highest BCUT2D eigenvalue weighted by atomic mass is 16.5. The number of hydrogen-bond donors (Lipinski definition) is 2. The number of nitrogens with one attached hydrogen (secondary N) is 2. The maximum atomic E-state index is 13.1. The molecule has 2 fully saturated rings. The van der Waals surface area contributed by atoms with Gasteiger partial charge in [0.1, 0.15) is 0 Å². The van der Waals surface area contributed by atoms with Gasteiger partial charge in [-0.3, -0.25) is 14.5 Å². The number of hydrogen-bond acceptors (Lipinski definition) is 5. The van der Waals surface area contributed by atoms with Gasteiger partial charge in [0.05, 0.1) is 18.8 Å². The molecule has 33 heavy (non-hydrogen) atoms. The Balaban J connectivity index is 1.55. The smallest absolute Gasteiger partial charge is 0.253 e. The average molecular weight is 459 g/mol. The molecule has 3 rings (SSSR count). The summed E-state index contributed by atoms with van der Waals surface area (Å²) in [7, 11) is 0. The van der Waals surface area contributed by atoms with E-state index in [1.165, 1.54) is 25.7 Å². The number of nitrogens with zero attached hydrogens (tertiary/aromatic N) is 2. The molecule has 0 aliphatic carbocycles. The minimum absolute atomic E-state index is 0.0260. The van der Waals surface area contributed by atoms with Crippen molar-refractivity contribution in [2.24, 2.45) is 0 Å². The summed E-state index contributed by atoms with van der Waals surface area (Å²) in [6.07, 6.45) is 9.78. The monoisotopic (exact) mass is 458 g/mol. The highest BCUT2D eigenvalue weighted by Gasteiger charge is 2.21. The molecule has 1 aromatic carbocycles. The lowest BCUT2D eigenvalue weighted by Gasteiger charge is -2.26. The van der Waals surface area contributed by atoms with Gasteiger partial charge in [-0.15, -0.1) is 0 Å². The molecule has 2 aliphatic rings. The van der Waals surface area contributed by atoms with Gasteiger partial charge in [-0.2, -0.15) is 0 Å². The van der Waals surface area contributed by atoms with Gasteiger partial charge in [0.15, 0.2) is 0 Å². The zero-order valence-corrected chi connectivity index (χ0v) is 20.4. The molecule has 0 spiro atoms. The molecular formula is C26H42N4O3. The summed E-state index contributed by atoms with van der Waals surface area (Å²) in [5.41, 5.74) is 2.31. The minimum atomic E-state index is -0.0721. The van der Waals surface area contributed by atoms with Crippen molar-refractivity contribution in [3.05, 3.63) is 23.8 Å². The zero-order chi connectivity index (χ0) is 23.3. The summed E-state index contributed by atoms with van der Waals surface area (Å²) in [4.78, 5) is 30.1. The van der Waals surface area contributed by atoms with E-state index in [0.29, 0.717) is 24.2 Å². The second-order valence-electron chi connectivity index (χ2n) is 9.20. The fraction of sp³-hybridized carbons (Fsp3) is 0.692. The van der Waals surface area contributed by atoms with Crippen LogP contribution in [0.5, 0.6) is 0 Å². The van der Waals surface area contributed by atoms with Gasteiger partial charge in [0, 0.05) is 57.1 Å². The van der Waals surface area contributed by atoms with Crippen LogP contribution in [0.4, 0.5) is 11.4 Å². The van der Waals surface area contributed by atoms with Crippen molar-refractivity contribution in [2.45, 2.75) is 64.7 Å². The average Bonchev–Trinajstić information content (AvgIpc) is 3.37. The molecule has 2 heterocycles. The minimum Gasteiger partial charge on any atom is -0.379 e. The molecule has 1 aromatic rings. The van der Waals surface area contributed by atoms with Gasteiger partial charge in [-0.25, -0.2) is 0 Å². The normalized spacial score (nSPS) is 16.7. The number of carbonyl (C=O) groups is 2. The molecule has 7 nitrogen and oxygen atoms in total. The van der Waals surface area contributed by atoms with Crippen molar-refractivity contribution in [2.75, 3.05) is 62.7 Å². The van der Waals surface area contributed by atoms with E-state index in [-0.39, 0.29) is 11.8 Å². The number of anilines is 2. The molecule has 2 N–H and O–H groups in total. The van der Waals surface area contributed by atoms with E-state index in [9.17, 15) is 9.59 Å². The van der Waals surface area contributed by atoms with Crippen LogP contribution in [-0.2, 0) is 9.53 Å². The maximum Gasteiger partial charge on any atom is 0.253 e. The SMILES string of the molecule is CCCCCCCCC(=O)Nc1ccc(N2CCCC2)c(C(=O)NCCN2CCOCC2)c1. The summed E-state index contributed by atoms with van der Waals surface area (Å²) in [6, 6.07) is 5.76. The zero-order valence-electron chi connectivity index (χ0n) is 20.4. The van der Waals surface area contributed by atoms with E-state index in [4.69, 9.17) is 4.74 Å². The Labute approximate surface area is 199 Å². The fourth-order valence-electron chi connectivity index (χ4n) is 4.57. The second kappa shape index (κ2) is 14.2. The van der Waals surface area contributed by atoms with Crippen LogP contribution in [0.1, 0.15) is 75.1 Å². The Bertz CT molecular complexity index is 743. The molecule has 2 saturated heterocycles. The van der Waals surface area contributed by atoms with Crippen LogP contribution in [0.15, 0.2) is 18.2 Å². The molecule has 0 saturated carbocycles. The molecular weight excluding hydrogens is 416 g/mol. The molecule has 2 aliphatic heterocycles. The predicted molar refractivity (Wildman–Crippen MR) is 134 cm³/mol. The lowest BCUT2D eigenvalue weighted by atomic mass is 10.1. The third kappa shape index (κ3) is 8.63. The lowest BCUT2D eigenvalue weighted by molar-refractivity contribution is -0.116. The van der Waals surface area contributed by atoms with Gasteiger partial charge in [-0.05, 0) is 37.5 Å². The molecule has 0 atom stereocenters. The van der Waals surface area contributed by atoms with Crippen LogP contribution >= 0.6 is 0 Å². The Morgan fingerprint density at radius 3 is 2.45 bits per heavy atom. The van der Waals surface area contributed by atoms with Crippen LogP contribution in [0.25, 0.3) is 0 Å². The Morgan fingerprint density at radius 2 is 1.70 bits per heavy atom. The molecule has 7 heteroatoms. The first kappa shape index (κ1) is 25.5. The van der Waals surface area contributed by atoms with Crippen LogP contribution in [-0.4, -0.2) is 69.2 Å². The third-order valence-corrected chi connectivity index (χ3v) is 6.55. The van der Waals surface area contributed by atoms with Crippen molar-refractivity contribution in [1.82, 2.24) is 10.2 Å². The molecule has 0 radical (unpaired) electrons. The molecule has 0 unspecified atom stereocenters. The standard InChI is InChI=1S/C26H42N4O3/c1-2-3-4-5-6-7-10-25(31)28-22-11-12-24(30-14-8-9-15-30)23(21-22)26(32)27-13-16-29-17-19-33-20-18-29/h11-12,21H,2-10,13-20H2,1H3,(H,27,32)(H,28,31). The first-order valence-electron chi connectivity index (χ1n) is 12.9. The summed E-state index contributed by atoms with van der Waals surface area (Å²) in [5, 5.41) is 6.09. The number of benzene rings is 1. The van der Waals surface area contributed by atoms with E-state index >= 15 is 0 Å². The van der Waals surface area contributed by atoms with Crippen LogP contribution in [0.2, 0.25) is 0 Å². The van der Waals surface area contributed by atoms with E-state index in [1.54, 1.807) is 0 Å². The van der Waals surface area contributed by atoms with Crippen molar-refractivity contribution >= 4 is 23.2 Å². The summed E-state index contributed by atoms with van der Waals surface area (Å²) < 4.78 is 5.39. The quantitative estimate of drug-likeness (QED) is 0.437. The first-order valence-corrected chi connectivity index (χ1v) is 12.9. The summed E-state index contributed by atoms with van der Waals surface area (Å²) in [6.45, 7) is 8.91. The highest BCUT2D eigenvalue weighted by Crippen LogP contribution is 2.27. The van der Waals surface area contributed by atoms with Gasteiger partial charge in [0.25, 0.3) is 5.91 Å². The van der Waals surface area contributed by atoms with Crippen LogP contribution in [0, 0.1) is 0 Å². The number of morpholine rings is 1. The topological polar surface area (TPSA) is 73.9 Å². The third-order valence-electron chi connectivity index (χ3n) is 6.55. The van der Waals surface area contributed by atoms with Gasteiger partial charge < -0.3 is 20.3 Å². The molecule has 0 aromatic heterocycles. The number of amides is 2. The number of rotatable bonds is 13. The predicted octanol–water partition coefficient (Wildman–Crippen LogP) is 4.04.